The summed E-state index contributed by atoms with van der Waals surface area (Å²) in [5.41, 5.74) is 1.43. The van der Waals surface area contributed by atoms with E-state index in [4.69, 9.17) is 0 Å². The van der Waals surface area contributed by atoms with E-state index >= 15 is 0 Å². The third-order valence-corrected chi connectivity index (χ3v) is 6.25. The van der Waals surface area contributed by atoms with Crippen molar-refractivity contribution in [1.82, 2.24) is 9.80 Å². The van der Waals surface area contributed by atoms with Gasteiger partial charge < -0.3 is 10.0 Å². The molecule has 2 saturated heterocycles. The van der Waals surface area contributed by atoms with Gasteiger partial charge in [0.1, 0.15) is 0 Å². The van der Waals surface area contributed by atoms with Crippen LogP contribution in [0.15, 0.2) is 29.2 Å². The van der Waals surface area contributed by atoms with Crippen LogP contribution in [0.2, 0.25) is 0 Å². The Bertz CT molecular complexity index is 490. The highest BCUT2D eigenvalue weighted by Crippen LogP contribution is 2.28. The van der Waals surface area contributed by atoms with Crippen LogP contribution >= 0.6 is 11.8 Å². The van der Waals surface area contributed by atoms with Crippen molar-refractivity contribution in [3.05, 3.63) is 29.8 Å². The van der Waals surface area contributed by atoms with Crippen LogP contribution in [-0.2, 0) is 6.54 Å². The van der Waals surface area contributed by atoms with Crippen LogP contribution in [0.5, 0.6) is 0 Å². The van der Waals surface area contributed by atoms with Gasteiger partial charge in [0.05, 0.1) is 0 Å². The standard InChI is InChI=1S/C19H30N2OS/c1-23-19-8-4-3-7-16(19)11-21-13-17(18(14-21)15-22)12-20-9-5-2-6-10-20/h3-4,7-8,17-18,22H,2,5-6,9-15H2,1H3/t17-,18-/m1/s1. The van der Waals surface area contributed by atoms with E-state index < -0.39 is 0 Å². The van der Waals surface area contributed by atoms with Gasteiger partial charge in [0.2, 0.25) is 0 Å². The maximum Gasteiger partial charge on any atom is 0.0475 e. The molecule has 3 nitrogen and oxygen atoms in total. The number of aliphatic hydroxyl groups is 1. The average molecular weight is 335 g/mol. The number of aliphatic hydroxyl groups excluding tert-OH is 1. The minimum absolute atomic E-state index is 0.333. The Morgan fingerprint density at radius 2 is 1.78 bits per heavy atom. The summed E-state index contributed by atoms with van der Waals surface area (Å²) in [6.45, 7) is 7.20. The number of nitrogens with zero attached hydrogens (tertiary/aromatic N) is 2. The molecule has 0 aliphatic carbocycles. The largest absolute Gasteiger partial charge is 0.396 e. The van der Waals surface area contributed by atoms with E-state index in [9.17, 15) is 5.11 Å². The Labute approximate surface area is 145 Å². The molecule has 0 radical (unpaired) electrons. The van der Waals surface area contributed by atoms with Crippen LogP contribution in [-0.4, -0.2) is 60.5 Å². The third kappa shape index (κ3) is 4.50. The number of hydrogen-bond donors (Lipinski definition) is 1. The zero-order valence-electron chi connectivity index (χ0n) is 14.3. The smallest absolute Gasteiger partial charge is 0.0475 e. The van der Waals surface area contributed by atoms with Crippen molar-refractivity contribution < 1.29 is 5.11 Å². The van der Waals surface area contributed by atoms with Gasteiger partial charge >= 0.3 is 0 Å². The molecule has 128 valence electrons. The quantitative estimate of drug-likeness (QED) is 0.809. The van der Waals surface area contributed by atoms with E-state index in [-0.39, 0.29) is 0 Å². The lowest BCUT2D eigenvalue weighted by Crippen LogP contribution is -2.37. The molecule has 1 aromatic rings. The van der Waals surface area contributed by atoms with Gasteiger partial charge in [0.25, 0.3) is 0 Å². The fourth-order valence-corrected chi connectivity index (χ4v) is 4.74. The van der Waals surface area contributed by atoms with Crippen molar-refractivity contribution >= 4 is 11.8 Å². The number of hydrogen-bond acceptors (Lipinski definition) is 4. The molecule has 2 atom stereocenters. The molecule has 0 saturated carbocycles. The number of benzene rings is 1. The summed E-state index contributed by atoms with van der Waals surface area (Å²) in [5.74, 6) is 1.07. The van der Waals surface area contributed by atoms with Crippen LogP contribution in [0.1, 0.15) is 24.8 Å². The first-order valence-electron chi connectivity index (χ1n) is 8.97. The summed E-state index contributed by atoms with van der Waals surface area (Å²) in [4.78, 5) is 6.55. The SMILES string of the molecule is CSc1ccccc1CN1C[C@@H](CN2CCCCC2)[C@@H](CO)C1. The Hall–Kier alpha value is -0.550. The van der Waals surface area contributed by atoms with Crippen LogP contribution in [0.4, 0.5) is 0 Å². The second-order valence-corrected chi connectivity index (χ2v) is 7.92. The van der Waals surface area contributed by atoms with Crippen molar-refractivity contribution in [2.45, 2.75) is 30.7 Å². The molecule has 23 heavy (non-hydrogen) atoms. The zero-order valence-corrected chi connectivity index (χ0v) is 15.1. The van der Waals surface area contributed by atoms with E-state index in [0.29, 0.717) is 18.4 Å². The summed E-state index contributed by atoms with van der Waals surface area (Å²) in [7, 11) is 0. The highest BCUT2D eigenvalue weighted by Gasteiger charge is 2.33. The fraction of sp³-hybridized carbons (Fsp3) is 0.684. The topological polar surface area (TPSA) is 26.7 Å². The maximum absolute atomic E-state index is 9.80. The lowest BCUT2D eigenvalue weighted by molar-refractivity contribution is 0.149. The molecule has 0 spiro atoms. The first kappa shape index (κ1) is 17.3. The summed E-state index contributed by atoms with van der Waals surface area (Å²) in [6, 6.07) is 8.72. The highest BCUT2D eigenvalue weighted by atomic mass is 32.2. The highest BCUT2D eigenvalue weighted by molar-refractivity contribution is 7.98. The Balaban J connectivity index is 1.59. The second kappa shape index (κ2) is 8.52. The second-order valence-electron chi connectivity index (χ2n) is 7.07. The van der Waals surface area contributed by atoms with E-state index in [0.717, 1.165) is 19.6 Å². The monoisotopic (exact) mass is 334 g/mol. The summed E-state index contributed by atoms with van der Waals surface area (Å²) >= 11 is 1.83. The van der Waals surface area contributed by atoms with Gasteiger partial charge in [-0.15, -0.1) is 11.8 Å². The van der Waals surface area contributed by atoms with E-state index in [1.807, 2.05) is 11.8 Å². The molecule has 0 aromatic heterocycles. The normalized spacial score (nSPS) is 26.7. The number of piperidine rings is 1. The van der Waals surface area contributed by atoms with Crippen molar-refractivity contribution in [1.29, 1.82) is 0 Å². The van der Waals surface area contributed by atoms with Crippen LogP contribution in [0, 0.1) is 11.8 Å². The molecule has 2 aliphatic heterocycles. The first-order chi connectivity index (χ1) is 11.3. The van der Waals surface area contributed by atoms with Gasteiger partial charge in [-0.05, 0) is 55.7 Å². The predicted molar refractivity (Wildman–Crippen MR) is 97.9 cm³/mol. The molecular weight excluding hydrogens is 304 g/mol. The third-order valence-electron chi connectivity index (χ3n) is 5.41. The van der Waals surface area contributed by atoms with Gasteiger partial charge in [-0.1, -0.05) is 24.6 Å². The fourth-order valence-electron chi connectivity index (χ4n) is 4.13. The van der Waals surface area contributed by atoms with Crippen LogP contribution in [0.3, 0.4) is 0 Å². The summed E-state index contributed by atoms with van der Waals surface area (Å²) in [5, 5.41) is 9.80. The van der Waals surface area contributed by atoms with Gasteiger partial charge in [-0.25, -0.2) is 0 Å². The lowest BCUT2D eigenvalue weighted by Gasteiger charge is -2.30. The minimum atomic E-state index is 0.333. The maximum atomic E-state index is 9.80. The van der Waals surface area contributed by atoms with Gasteiger partial charge in [0, 0.05) is 37.7 Å². The van der Waals surface area contributed by atoms with Crippen LogP contribution < -0.4 is 0 Å². The predicted octanol–water partition coefficient (Wildman–Crippen LogP) is 2.93. The van der Waals surface area contributed by atoms with Crippen LogP contribution in [0.25, 0.3) is 0 Å². The number of rotatable bonds is 6. The molecule has 4 heteroatoms. The van der Waals surface area contributed by atoms with E-state index in [1.165, 1.54) is 49.4 Å². The Morgan fingerprint density at radius 3 is 2.52 bits per heavy atom. The Morgan fingerprint density at radius 1 is 1.04 bits per heavy atom. The first-order valence-corrected chi connectivity index (χ1v) is 10.2. The molecule has 0 unspecified atom stereocenters. The molecular formula is C19H30N2OS. The zero-order chi connectivity index (χ0) is 16.1. The molecule has 2 aliphatic rings. The number of likely N-dealkylation sites (tertiary alicyclic amines) is 2. The molecule has 3 rings (SSSR count). The van der Waals surface area contributed by atoms with E-state index in [1.54, 1.807) is 0 Å². The molecule has 2 heterocycles. The van der Waals surface area contributed by atoms with Crippen molar-refractivity contribution in [2.75, 3.05) is 45.6 Å². The molecule has 1 aromatic carbocycles. The minimum Gasteiger partial charge on any atom is -0.396 e. The molecule has 0 bridgehead atoms. The van der Waals surface area contributed by atoms with Gasteiger partial charge in [-0.3, -0.25) is 4.90 Å². The molecule has 0 amide bonds. The number of thioether (sulfide) groups is 1. The molecule has 1 N–H and O–H groups in total. The Kier molecular flexibility index (Phi) is 6.40. The van der Waals surface area contributed by atoms with Crippen molar-refractivity contribution in [3.8, 4) is 0 Å². The van der Waals surface area contributed by atoms with Crippen molar-refractivity contribution in [2.24, 2.45) is 11.8 Å². The lowest BCUT2D eigenvalue weighted by atomic mass is 9.95. The van der Waals surface area contributed by atoms with Crippen molar-refractivity contribution in [3.63, 3.8) is 0 Å². The average Bonchev–Trinajstić information content (AvgIpc) is 2.97. The summed E-state index contributed by atoms with van der Waals surface area (Å²) < 4.78 is 0. The van der Waals surface area contributed by atoms with Gasteiger partial charge in [-0.2, -0.15) is 0 Å². The van der Waals surface area contributed by atoms with Gasteiger partial charge in [0.15, 0.2) is 0 Å². The summed E-state index contributed by atoms with van der Waals surface area (Å²) in [6.07, 6.45) is 6.24. The molecule has 2 fully saturated rings. The van der Waals surface area contributed by atoms with E-state index in [2.05, 4.69) is 40.3 Å².